The lowest BCUT2D eigenvalue weighted by molar-refractivity contribution is 0.412. The van der Waals surface area contributed by atoms with Gasteiger partial charge in [0.25, 0.3) is 5.56 Å². The van der Waals surface area contributed by atoms with Crippen LogP contribution < -0.4 is 16.0 Å². The first-order valence-electron chi connectivity index (χ1n) is 9.44. The van der Waals surface area contributed by atoms with E-state index in [1.165, 1.54) is 17.5 Å². The number of aromatic nitrogens is 3. The van der Waals surface area contributed by atoms with Gasteiger partial charge < -0.3 is 9.72 Å². The van der Waals surface area contributed by atoms with Gasteiger partial charge in [-0.2, -0.15) is 0 Å². The van der Waals surface area contributed by atoms with Crippen LogP contribution in [-0.4, -0.2) is 21.6 Å². The normalized spacial score (nSPS) is 11.3. The predicted octanol–water partition coefficient (Wildman–Crippen LogP) is 4.93. The number of methoxy groups -OCH3 is 1. The Morgan fingerprint density at radius 3 is 2.74 bits per heavy atom. The van der Waals surface area contributed by atoms with E-state index in [2.05, 4.69) is 9.97 Å². The zero-order valence-electron chi connectivity index (χ0n) is 16.6. The Balaban J connectivity index is 1.77. The third-order valence-corrected chi connectivity index (χ3v) is 6.68. The van der Waals surface area contributed by atoms with Crippen molar-refractivity contribution in [2.75, 3.05) is 7.11 Å². The van der Waals surface area contributed by atoms with Gasteiger partial charge in [-0.25, -0.2) is 9.36 Å². The number of rotatable bonds is 3. The number of nitrogens with one attached hydrogen (secondary N) is 1. The number of pyridine rings is 1. The van der Waals surface area contributed by atoms with Gasteiger partial charge in [-0.1, -0.05) is 35.9 Å². The summed E-state index contributed by atoms with van der Waals surface area (Å²) in [5.41, 5.74) is 1.64. The minimum atomic E-state index is -0.521. The summed E-state index contributed by atoms with van der Waals surface area (Å²) >= 11 is 7.75. The fourth-order valence-corrected chi connectivity index (χ4v) is 5.15. The molecule has 8 heteroatoms. The molecule has 154 valence electrons. The number of aromatic amines is 1. The second-order valence-corrected chi connectivity index (χ2v) is 8.57. The fraction of sp³-hybridized carbons (Fsp3) is 0.0870. The molecule has 0 amide bonds. The van der Waals surface area contributed by atoms with Gasteiger partial charge >= 0.3 is 5.69 Å². The monoisotopic (exact) mass is 449 g/mol. The van der Waals surface area contributed by atoms with Crippen molar-refractivity contribution in [1.82, 2.24) is 14.5 Å². The van der Waals surface area contributed by atoms with Gasteiger partial charge in [0.05, 0.1) is 24.5 Å². The quantitative estimate of drug-likeness (QED) is 0.424. The predicted molar refractivity (Wildman–Crippen MR) is 125 cm³/mol. The highest BCUT2D eigenvalue weighted by atomic mass is 35.5. The van der Waals surface area contributed by atoms with E-state index in [1.54, 1.807) is 19.4 Å². The summed E-state index contributed by atoms with van der Waals surface area (Å²) in [5, 5.41) is 2.16. The van der Waals surface area contributed by atoms with Crippen LogP contribution in [0.4, 0.5) is 0 Å². The molecule has 0 atom stereocenters. The molecule has 5 aromatic rings. The van der Waals surface area contributed by atoms with Crippen molar-refractivity contribution >= 4 is 43.9 Å². The van der Waals surface area contributed by atoms with Gasteiger partial charge in [0.2, 0.25) is 0 Å². The van der Waals surface area contributed by atoms with Crippen LogP contribution in [-0.2, 0) is 0 Å². The smallest absolute Gasteiger partial charge is 0.333 e. The molecule has 31 heavy (non-hydrogen) atoms. The minimum absolute atomic E-state index is 0.400. The number of halogens is 1. The van der Waals surface area contributed by atoms with Crippen molar-refractivity contribution in [3.05, 3.63) is 86.3 Å². The molecule has 0 aliphatic heterocycles. The molecule has 2 aromatic carbocycles. The lowest BCUT2D eigenvalue weighted by Crippen LogP contribution is -2.33. The van der Waals surface area contributed by atoms with E-state index in [-0.39, 0.29) is 0 Å². The first kappa shape index (κ1) is 19.5. The van der Waals surface area contributed by atoms with Crippen molar-refractivity contribution < 1.29 is 4.74 Å². The molecular weight excluding hydrogens is 434 g/mol. The average molecular weight is 450 g/mol. The number of ether oxygens (including phenoxy) is 1. The third kappa shape index (κ3) is 3.13. The highest BCUT2D eigenvalue weighted by Gasteiger charge is 2.17. The zero-order valence-corrected chi connectivity index (χ0v) is 18.2. The molecule has 0 saturated heterocycles. The van der Waals surface area contributed by atoms with Crippen LogP contribution in [0.2, 0.25) is 5.02 Å². The van der Waals surface area contributed by atoms with Crippen molar-refractivity contribution in [3.63, 3.8) is 0 Å². The van der Waals surface area contributed by atoms with E-state index >= 15 is 0 Å². The molecule has 5 rings (SSSR count). The molecule has 1 N–H and O–H groups in total. The molecule has 3 aromatic heterocycles. The molecule has 0 bridgehead atoms. The molecule has 0 aliphatic rings. The van der Waals surface area contributed by atoms with Crippen molar-refractivity contribution in [2.24, 2.45) is 0 Å². The number of hydrogen-bond donors (Lipinski definition) is 1. The van der Waals surface area contributed by atoms with Crippen LogP contribution in [0, 0.1) is 6.92 Å². The van der Waals surface area contributed by atoms with Gasteiger partial charge in [0.1, 0.15) is 10.4 Å². The summed E-state index contributed by atoms with van der Waals surface area (Å²) in [6, 6.07) is 12.9. The van der Waals surface area contributed by atoms with Crippen molar-refractivity contribution in [2.45, 2.75) is 6.92 Å². The second kappa shape index (κ2) is 7.37. The number of benzene rings is 2. The van der Waals surface area contributed by atoms with Gasteiger partial charge in [0, 0.05) is 32.4 Å². The number of nitrogens with zero attached hydrogens (tertiary/aromatic N) is 2. The molecular formula is C23H16ClN3O3S. The molecule has 0 fully saturated rings. The summed E-state index contributed by atoms with van der Waals surface area (Å²) in [5.74, 6) is 0.699. The van der Waals surface area contributed by atoms with Gasteiger partial charge in [0.15, 0.2) is 0 Å². The van der Waals surface area contributed by atoms with Gasteiger partial charge in [-0.05, 0) is 30.7 Å². The Labute approximate surface area is 185 Å². The number of hydrogen-bond acceptors (Lipinski definition) is 5. The molecule has 0 unspecified atom stereocenters. The Kier molecular flexibility index (Phi) is 4.64. The number of fused-ring (bicyclic) bond motifs is 2. The molecule has 6 nitrogen and oxygen atoms in total. The summed E-state index contributed by atoms with van der Waals surface area (Å²) in [4.78, 5) is 34.1. The number of thiophene rings is 1. The lowest BCUT2D eigenvalue weighted by Gasteiger charge is -2.08. The maximum Gasteiger partial charge on any atom is 0.333 e. The first-order valence-corrected chi connectivity index (χ1v) is 10.6. The van der Waals surface area contributed by atoms with Crippen molar-refractivity contribution in [1.29, 1.82) is 0 Å². The summed E-state index contributed by atoms with van der Waals surface area (Å²) in [6.45, 7) is 1.91. The third-order valence-electron chi connectivity index (χ3n) is 5.21. The van der Waals surface area contributed by atoms with E-state index in [0.717, 1.165) is 31.3 Å². The highest BCUT2D eigenvalue weighted by Crippen LogP contribution is 2.38. The van der Waals surface area contributed by atoms with E-state index < -0.39 is 11.2 Å². The fourth-order valence-electron chi connectivity index (χ4n) is 3.70. The summed E-state index contributed by atoms with van der Waals surface area (Å²) in [7, 11) is 1.60. The van der Waals surface area contributed by atoms with Crippen LogP contribution in [0.1, 0.15) is 5.56 Å². The van der Waals surface area contributed by atoms with Gasteiger partial charge in [-0.15, -0.1) is 11.3 Å². The first-order chi connectivity index (χ1) is 15.0. The lowest BCUT2D eigenvalue weighted by atomic mass is 10.1. The van der Waals surface area contributed by atoms with E-state index in [9.17, 15) is 9.59 Å². The van der Waals surface area contributed by atoms with Crippen LogP contribution in [0.3, 0.4) is 0 Å². The summed E-state index contributed by atoms with van der Waals surface area (Å²) in [6.07, 6.45) is 3.23. The topological polar surface area (TPSA) is 77.0 Å². The molecule has 0 spiro atoms. The molecule has 0 aliphatic carbocycles. The highest BCUT2D eigenvalue weighted by molar-refractivity contribution is 7.22. The van der Waals surface area contributed by atoms with E-state index in [4.69, 9.17) is 16.3 Å². The molecule has 0 radical (unpaired) electrons. The maximum atomic E-state index is 13.4. The van der Waals surface area contributed by atoms with Crippen LogP contribution in [0.25, 0.3) is 37.1 Å². The second-order valence-electron chi connectivity index (χ2n) is 7.11. The number of H-pyrrole nitrogens is 1. The SMILES string of the molecule is COc1cc(-c2cc3[nH]c(=O)n(-c4cncc5ccccc45)c(=O)c3s2)c(Cl)cc1C. The van der Waals surface area contributed by atoms with E-state index in [1.807, 2.05) is 43.3 Å². The maximum absolute atomic E-state index is 13.4. The van der Waals surface area contributed by atoms with Gasteiger partial charge in [-0.3, -0.25) is 9.78 Å². The molecule has 3 heterocycles. The standard InChI is InChI=1S/C23H16ClN3O3S/c1-12-7-16(24)15(8-19(12)30-2)20-9-17-21(31-20)22(28)27(23(29)26-17)18-11-25-10-13-5-3-4-6-14(13)18/h3-11H,1-2H3,(H,26,29). The van der Waals surface area contributed by atoms with Crippen LogP contribution in [0.15, 0.2) is 64.4 Å². The van der Waals surface area contributed by atoms with E-state index in [0.29, 0.717) is 26.7 Å². The Hall–Kier alpha value is -3.42. The largest absolute Gasteiger partial charge is 0.496 e. The molecule has 0 saturated carbocycles. The summed E-state index contributed by atoms with van der Waals surface area (Å²) < 4.78 is 6.98. The Morgan fingerprint density at radius 2 is 1.94 bits per heavy atom. The Bertz CT molecular complexity index is 1590. The van der Waals surface area contributed by atoms with Crippen LogP contribution in [0.5, 0.6) is 5.75 Å². The van der Waals surface area contributed by atoms with Crippen molar-refractivity contribution in [3.8, 4) is 21.9 Å². The Morgan fingerprint density at radius 1 is 1.13 bits per heavy atom. The number of aryl methyl sites for hydroxylation is 1. The minimum Gasteiger partial charge on any atom is -0.496 e. The average Bonchev–Trinajstić information content (AvgIpc) is 3.18. The van der Waals surface area contributed by atoms with Crippen LogP contribution >= 0.6 is 22.9 Å². The zero-order chi connectivity index (χ0) is 21.7.